The fraction of sp³-hybridized carbons (Fsp3) is 0.333. The van der Waals surface area contributed by atoms with Gasteiger partial charge in [-0.3, -0.25) is 4.79 Å². The first-order valence-electron chi connectivity index (χ1n) is 7.75. The van der Waals surface area contributed by atoms with E-state index in [2.05, 4.69) is 4.98 Å². The minimum atomic E-state index is -4.40. The maximum absolute atomic E-state index is 12.6. The second kappa shape index (κ2) is 7.23. The summed E-state index contributed by atoms with van der Waals surface area (Å²) in [6, 6.07) is 4.62. The summed E-state index contributed by atoms with van der Waals surface area (Å²) < 4.78 is 42.5. The normalized spacial score (nSPS) is 11.3. The van der Waals surface area contributed by atoms with Crippen LogP contribution in [0.25, 0.3) is 0 Å². The molecule has 0 aliphatic heterocycles. The Morgan fingerprint density at radius 3 is 2.23 bits per heavy atom. The number of methoxy groups -OCH3 is 1. The number of hydrogen-bond acceptors (Lipinski definition) is 3. The number of aryl methyl sites for hydroxylation is 1. The molecule has 0 spiro atoms. The Balaban J connectivity index is 2.19. The van der Waals surface area contributed by atoms with Gasteiger partial charge in [0.25, 0.3) is 5.91 Å². The zero-order chi connectivity index (χ0) is 19.6. The van der Waals surface area contributed by atoms with E-state index in [-0.39, 0.29) is 18.1 Å². The fourth-order valence-electron chi connectivity index (χ4n) is 2.71. The number of carbonyl (C=O) groups is 2. The van der Waals surface area contributed by atoms with Crippen LogP contribution in [0, 0.1) is 13.8 Å². The molecule has 0 aliphatic rings. The van der Waals surface area contributed by atoms with Crippen LogP contribution in [0.5, 0.6) is 0 Å². The molecule has 1 amide bonds. The van der Waals surface area contributed by atoms with Crippen LogP contribution in [-0.4, -0.2) is 35.9 Å². The van der Waals surface area contributed by atoms with Crippen molar-refractivity contribution in [3.8, 4) is 0 Å². The van der Waals surface area contributed by atoms with E-state index in [4.69, 9.17) is 4.74 Å². The van der Waals surface area contributed by atoms with Crippen molar-refractivity contribution in [2.75, 3.05) is 14.2 Å². The van der Waals surface area contributed by atoms with Crippen molar-refractivity contribution in [1.82, 2.24) is 9.88 Å². The van der Waals surface area contributed by atoms with Crippen LogP contribution in [0.15, 0.2) is 24.3 Å². The highest BCUT2D eigenvalue weighted by atomic mass is 19.4. The van der Waals surface area contributed by atoms with Gasteiger partial charge in [0.05, 0.1) is 18.2 Å². The summed E-state index contributed by atoms with van der Waals surface area (Å²) in [5, 5.41) is 0. The lowest BCUT2D eigenvalue weighted by Gasteiger charge is -2.17. The molecule has 2 aromatic rings. The molecule has 2 rings (SSSR count). The molecular weight excluding hydrogens is 349 g/mol. The van der Waals surface area contributed by atoms with Crippen LogP contribution in [0.3, 0.4) is 0 Å². The van der Waals surface area contributed by atoms with Gasteiger partial charge in [0.1, 0.15) is 5.69 Å². The summed E-state index contributed by atoms with van der Waals surface area (Å²) in [6.07, 6.45) is -4.40. The number of esters is 1. The number of rotatable bonds is 4. The first-order chi connectivity index (χ1) is 12.1. The largest absolute Gasteiger partial charge is 0.465 e. The second-order valence-electron chi connectivity index (χ2n) is 5.97. The Kier molecular flexibility index (Phi) is 5.44. The number of H-pyrrole nitrogens is 1. The van der Waals surface area contributed by atoms with Crippen LogP contribution in [-0.2, 0) is 17.5 Å². The first-order valence-corrected chi connectivity index (χ1v) is 7.75. The highest BCUT2D eigenvalue weighted by molar-refractivity contribution is 6.00. The molecule has 8 heteroatoms. The summed E-state index contributed by atoms with van der Waals surface area (Å²) in [6.45, 7) is 3.42. The van der Waals surface area contributed by atoms with Crippen molar-refractivity contribution < 1.29 is 27.5 Å². The van der Waals surface area contributed by atoms with Crippen molar-refractivity contribution in [2.24, 2.45) is 0 Å². The van der Waals surface area contributed by atoms with Gasteiger partial charge in [-0.15, -0.1) is 0 Å². The molecule has 0 radical (unpaired) electrons. The molecule has 0 saturated heterocycles. The van der Waals surface area contributed by atoms with Gasteiger partial charge in [-0.2, -0.15) is 13.2 Å². The molecule has 1 N–H and O–H groups in total. The Morgan fingerprint density at radius 1 is 1.15 bits per heavy atom. The molecule has 0 bridgehead atoms. The highest BCUT2D eigenvalue weighted by Gasteiger charge is 2.30. The van der Waals surface area contributed by atoms with Crippen LogP contribution in [0.2, 0.25) is 0 Å². The third-order valence-electron chi connectivity index (χ3n) is 4.09. The molecule has 0 saturated carbocycles. The molecule has 1 aromatic heterocycles. The van der Waals surface area contributed by atoms with Crippen LogP contribution in [0.1, 0.15) is 43.2 Å². The molecule has 0 fully saturated rings. The third-order valence-corrected chi connectivity index (χ3v) is 4.09. The van der Waals surface area contributed by atoms with E-state index in [9.17, 15) is 22.8 Å². The van der Waals surface area contributed by atoms with E-state index in [1.165, 1.54) is 31.2 Å². The van der Waals surface area contributed by atoms with Gasteiger partial charge in [0.15, 0.2) is 0 Å². The van der Waals surface area contributed by atoms with E-state index < -0.39 is 17.7 Å². The van der Waals surface area contributed by atoms with Gasteiger partial charge >= 0.3 is 12.1 Å². The zero-order valence-corrected chi connectivity index (χ0v) is 14.8. The number of hydrogen-bond donors (Lipinski definition) is 1. The summed E-state index contributed by atoms with van der Waals surface area (Å²) >= 11 is 0. The highest BCUT2D eigenvalue weighted by Crippen LogP contribution is 2.29. The number of aromatic nitrogens is 1. The number of carbonyl (C=O) groups excluding carboxylic acids is 2. The molecule has 5 nitrogen and oxygen atoms in total. The van der Waals surface area contributed by atoms with Crippen molar-refractivity contribution in [2.45, 2.75) is 26.6 Å². The van der Waals surface area contributed by atoms with Gasteiger partial charge < -0.3 is 14.6 Å². The number of alkyl halides is 3. The van der Waals surface area contributed by atoms with Crippen molar-refractivity contribution in [3.63, 3.8) is 0 Å². The predicted octanol–water partition coefficient (Wildman–Crippen LogP) is 3.71. The summed E-state index contributed by atoms with van der Waals surface area (Å²) in [4.78, 5) is 28.7. The predicted molar refractivity (Wildman–Crippen MR) is 88.8 cm³/mol. The molecule has 0 unspecified atom stereocenters. The average molecular weight is 368 g/mol. The van der Waals surface area contributed by atoms with E-state index in [0.29, 0.717) is 22.4 Å². The topological polar surface area (TPSA) is 62.4 Å². The quantitative estimate of drug-likeness (QED) is 0.837. The number of nitrogens with zero attached hydrogens (tertiary/aromatic N) is 1. The monoisotopic (exact) mass is 368 g/mol. The lowest BCUT2D eigenvalue weighted by Crippen LogP contribution is -2.27. The van der Waals surface area contributed by atoms with Crippen molar-refractivity contribution >= 4 is 11.9 Å². The maximum Gasteiger partial charge on any atom is 0.416 e. The second-order valence-corrected chi connectivity index (χ2v) is 5.97. The summed E-state index contributed by atoms with van der Waals surface area (Å²) in [7, 11) is 2.79. The number of halogens is 3. The first kappa shape index (κ1) is 19.6. The van der Waals surface area contributed by atoms with Crippen LogP contribution in [0.4, 0.5) is 13.2 Å². The minimum Gasteiger partial charge on any atom is -0.465 e. The number of amides is 1. The lowest BCUT2D eigenvalue weighted by atomic mass is 10.1. The molecule has 26 heavy (non-hydrogen) atoms. The maximum atomic E-state index is 12.6. The van der Waals surface area contributed by atoms with Crippen LogP contribution < -0.4 is 0 Å². The van der Waals surface area contributed by atoms with E-state index >= 15 is 0 Å². The smallest absolute Gasteiger partial charge is 0.416 e. The molecule has 1 heterocycles. The average Bonchev–Trinajstić information content (AvgIpc) is 2.87. The fourth-order valence-corrected chi connectivity index (χ4v) is 2.71. The number of aromatic amines is 1. The molecule has 0 atom stereocenters. The minimum absolute atomic E-state index is 0.127. The lowest BCUT2D eigenvalue weighted by molar-refractivity contribution is -0.137. The standard InChI is InChI=1S/C18H19F3N2O3/c1-10-14(17(25)26-4)11(2)22-15(10)16(24)23(3)9-12-5-7-13(8-6-12)18(19,20)21/h5-8,22H,9H2,1-4H3. The Morgan fingerprint density at radius 2 is 1.73 bits per heavy atom. The molecule has 140 valence electrons. The Hall–Kier alpha value is -2.77. The summed E-state index contributed by atoms with van der Waals surface area (Å²) in [5.74, 6) is -0.915. The number of ether oxygens (including phenoxy) is 1. The van der Waals surface area contributed by atoms with E-state index in [1.54, 1.807) is 13.8 Å². The van der Waals surface area contributed by atoms with Crippen molar-refractivity contribution in [3.05, 3.63) is 57.9 Å². The van der Waals surface area contributed by atoms with Gasteiger partial charge in [-0.05, 0) is 37.1 Å². The summed E-state index contributed by atoms with van der Waals surface area (Å²) in [5.41, 5.74) is 1.35. The number of benzene rings is 1. The molecule has 0 aliphatic carbocycles. The SMILES string of the molecule is COC(=O)c1c(C)[nH]c(C(=O)N(C)Cc2ccc(C(F)(F)F)cc2)c1C. The van der Waals surface area contributed by atoms with Gasteiger partial charge in [-0.25, -0.2) is 4.79 Å². The molecule has 1 aromatic carbocycles. The van der Waals surface area contributed by atoms with Gasteiger partial charge in [-0.1, -0.05) is 12.1 Å². The van der Waals surface area contributed by atoms with Crippen LogP contribution >= 0.6 is 0 Å². The van der Waals surface area contributed by atoms with Gasteiger partial charge in [0.2, 0.25) is 0 Å². The Bertz CT molecular complexity index is 823. The van der Waals surface area contributed by atoms with E-state index in [1.807, 2.05) is 0 Å². The Labute approximate surface area is 148 Å². The molecular formula is C18H19F3N2O3. The van der Waals surface area contributed by atoms with Gasteiger partial charge in [0, 0.05) is 19.3 Å². The zero-order valence-electron chi connectivity index (χ0n) is 14.8. The van der Waals surface area contributed by atoms with E-state index in [0.717, 1.165) is 12.1 Å². The van der Waals surface area contributed by atoms with Crippen molar-refractivity contribution in [1.29, 1.82) is 0 Å². The number of nitrogens with one attached hydrogen (secondary N) is 1. The third kappa shape index (κ3) is 3.89.